The Morgan fingerprint density at radius 3 is 2.59 bits per heavy atom. The highest BCUT2D eigenvalue weighted by Gasteiger charge is 2.14. The topological polar surface area (TPSA) is 24.9 Å². The highest BCUT2D eigenvalue weighted by Crippen LogP contribution is 2.27. The van der Waals surface area contributed by atoms with Gasteiger partial charge in [0.2, 0.25) is 0 Å². The number of nitrogens with zero attached hydrogens (tertiary/aromatic N) is 1. The van der Waals surface area contributed by atoms with Crippen LogP contribution in [0.15, 0.2) is 30.3 Å². The largest absolute Gasteiger partial charge is 0.373 e. The molecule has 2 aromatic rings. The summed E-state index contributed by atoms with van der Waals surface area (Å²) in [5, 5.41) is 2.83. The van der Waals surface area contributed by atoms with E-state index in [9.17, 15) is 8.78 Å². The van der Waals surface area contributed by atoms with Crippen LogP contribution in [0, 0.1) is 18.6 Å². The van der Waals surface area contributed by atoms with Crippen molar-refractivity contribution in [1.29, 1.82) is 0 Å². The molecule has 0 radical (unpaired) electrons. The van der Waals surface area contributed by atoms with Gasteiger partial charge < -0.3 is 5.32 Å². The number of rotatable bonds is 2. The molecule has 0 bridgehead atoms. The van der Waals surface area contributed by atoms with E-state index < -0.39 is 11.6 Å². The number of halogens is 2. The maximum Gasteiger partial charge on any atom is 0.138 e. The van der Waals surface area contributed by atoms with Crippen molar-refractivity contribution in [2.75, 3.05) is 12.4 Å². The molecule has 1 aromatic heterocycles. The second-order valence-corrected chi connectivity index (χ2v) is 3.71. The Hall–Kier alpha value is -1.97. The second kappa shape index (κ2) is 4.49. The molecule has 0 atom stereocenters. The summed E-state index contributed by atoms with van der Waals surface area (Å²) in [4.78, 5) is 4.13. The van der Waals surface area contributed by atoms with Crippen molar-refractivity contribution in [3.63, 3.8) is 0 Å². The maximum absolute atomic E-state index is 13.9. The summed E-state index contributed by atoms with van der Waals surface area (Å²) in [6, 6.07) is 7.68. The molecule has 0 aliphatic heterocycles. The SMILES string of the molecule is CNc1cccc(-c2c(F)ccc(C)c2F)n1. The van der Waals surface area contributed by atoms with E-state index in [-0.39, 0.29) is 11.3 Å². The molecule has 2 nitrogen and oxygen atoms in total. The monoisotopic (exact) mass is 234 g/mol. The number of hydrogen-bond donors (Lipinski definition) is 1. The lowest BCUT2D eigenvalue weighted by Gasteiger charge is -2.08. The average molecular weight is 234 g/mol. The van der Waals surface area contributed by atoms with Gasteiger partial charge in [-0.2, -0.15) is 0 Å². The third kappa shape index (κ3) is 2.11. The highest BCUT2D eigenvalue weighted by atomic mass is 19.1. The molecule has 0 saturated heterocycles. The number of aryl methyl sites for hydroxylation is 1. The number of nitrogens with one attached hydrogen (secondary N) is 1. The lowest BCUT2D eigenvalue weighted by molar-refractivity contribution is 0.583. The first-order chi connectivity index (χ1) is 8.13. The Morgan fingerprint density at radius 2 is 1.88 bits per heavy atom. The molecule has 2 rings (SSSR count). The van der Waals surface area contributed by atoms with Gasteiger partial charge in [-0.1, -0.05) is 12.1 Å². The number of benzene rings is 1. The fourth-order valence-corrected chi connectivity index (χ4v) is 1.60. The lowest BCUT2D eigenvalue weighted by atomic mass is 10.1. The summed E-state index contributed by atoms with van der Waals surface area (Å²) in [6.45, 7) is 1.60. The van der Waals surface area contributed by atoms with Crippen LogP contribution >= 0.6 is 0 Å². The minimum atomic E-state index is -0.603. The Kier molecular flexibility index (Phi) is 3.04. The van der Waals surface area contributed by atoms with Crippen molar-refractivity contribution in [3.05, 3.63) is 47.5 Å². The van der Waals surface area contributed by atoms with Gasteiger partial charge in [-0.3, -0.25) is 0 Å². The molecule has 1 aromatic carbocycles. The zero-order valence-corrected chi connectivity index (χ0v) is 9.59. The van der Waals surface area contributed by atoms with E-state index >= 15 is 0 Å². The number of anilines is 1. The van der Waals surface area contributed by atoms with Gasteiger partial charge in [0.25, 0.3) is 0 Å². The van der Waals surface area contributed by atoms with Crippen LogP contribution in [0.3, 0.4) is 0 Å². The van der Waals surface area contributed by atoms with Crippen molar-refractivity contribution in [1.82, 2.24) is 4.98 Å². The van der Waals surface area contributed by atoms with E-state index in [0.29, 0.717) is 11.4 Å². The third-order valence-corrected chi connectivity index (χ3v) is 2.55. The summed E-state index contributed by atoms with van der Waals surface area (Å²) in [7, 11) is 1.70. The van der Waals surface area contributed by atoms with Gasteiger partial charge >= 0.3 is 0 Å². The minimum Gasteiger partial charge on any atom is -0.373 e. The smallest absolute Gasteiger partial charge is 0.138 e. The molecule has 0 amide bonds. The summed E-state index contributed by atoms with van der Waals surface area (Å²) >= 11 is 0. The summed E-state index contributed by atoms with van der Waals surface area (Å²) in [5.41, 5.74) is 0.607. The number of aromatic nitrogens is 1. The van der Waals surface area contributed by atoms with E-state index in [1.165, 1.54) is 12.1 Å². The third-order valence-electron chi connectivity index (χ3n) is 2.55. The van der Waals surface area contributed by atoms with Crippen LogP contribution in [0.25, 0.3) is 11.3 Å². The second-order valence-electron chi connectivity index (χ2n) is 3.71. The van der Waals surface area contributed by atoms with Crippen LogP contribution in [0.1, 0.15) is 5.56 Å². The molecule has 0 saturated carbocycles. The number of pyridine rings is 1. The highest BCUT2D eigenvalue weighted by molar-refractivity contribution is 5.63. The molecule has 1 heterocycles. The zero-order chi connectivity index (χ0) is 12.4. The van der Waals surface area contributed by atoms with Crippen LogP contribution in [0.5, 0.6) is 0 Å². The van der Waals surface area contributed by atoms with E-state index in [2.05, 4.69) is 10.3 Å². The molecule has 0 aliphatic carbocycles. The maximum atomic E-state index is 13.9. The quantitative estimate of drug-likeness (QED) is 0.861. The van der Waals surface area contributed by atoms with Crippen molar-refractivity contribution in [2.24, 2.45) is 0 Å². The van der Waals surface area contributed by atoms with Gasteiger partial charge in [0.15, 0.2) is 0 Å². The minimum absolute atomic E-state index is 0.0814. The van der Waals surface area contributed by atoms with E-state index in [0.717, 1.165) is 0 Å². The molecule has 0 aliphatic rings. The van der Waals surface area contributed by atoms with E-state index in [1.807, 2.05) is 0 Å². The van der Waals surface area contributed by atoms with Crippen molar-refractivity contribution < 1.29 is 8.78 Å². The van der Waals surface area contributed by atoms with Crippen molar-refractivity contribution in [2.45, 2.75) is 6.92 Å². The van der Waals surface area contributed by atoms with E-state index in [4.69, 9.17) is 0 Å². The molecule has 88 valence electrons. The Morgan fingerprint density at radius 1 is 1.12 bits per heavy atom. The van der Waals surface area contributed by atoms with Gasteiger partial charge in [-0.15, -0.1) is 0 Å². The summed E-state index contributed by atoms with van der Waals surface area (Å²) in [5.74, 6) is -0.595. The average Bonchev–Trinajstić information content (AvgIpc) is 2.35. The zero-order valence-electron chi connectivity index (χ0n) is 9.59. The Labute approximate surface area is 98.3 Å². The van der Waals surface area contributed by atoms with Crippen LogP contribution in [0.4, 0.5) is 14.6 Å². The predicted molar refractivity (Wildman–Crippen MR) is 63.9 cm³/mol. The van der Waals surface area contributed by atoms with Crippen LogP contribution < -0.4 is 5.32 Å². The number of hydrogen-bond acceptors (Lipinski definition) is 2. The molecule has 0 unspecified atom stereocenters. The van der Waals surface area contributed by atoms with Crippen molar-refractivity contribution in [3.8, 4) is 11.3 Å². The van der Waals surface area contributed by atoms with Gasteiger partial charge in [0, 0.05) is 7.05 Å². The lowest BCUT2D eigenvalue weighted by Crippen LogP contribution is -1.98. The van der Waals surface area contributed by atoms with Crippen LogP contribution in [-0.2, 0) is 0 Å². The Bertz CT molecular complexity index is 553. The molecule has 0 spiro atoms. The fraction of sp³-hybridized carbons (Fsp3) is 0.154. The molecule has 0 fully saturated rings. The normalized spacial score (nSPS) is 10.4. The summed E-state index contributed by atoms with van der Waals surface area (Å²) in [6.07, 6.45) is 0. The van der Waals surface area contributed by atoms with Crippen molar-refractivity contribution >= 4 is 5.82 Å². The first-order valence-corrected chi connectivity index (χ1v) is 5.23. The molecular formula is C13H12F2N2. The molecule has 17 heavy (non-hydrogen) atoms. The first-order valence-electron chi connectivity index (χ1n) is 5.23. The summed E-state index contributed by atoms with van der Waals surface area (Å²) < 4.78 is 27.5. The van der Waals surface area contributed by atoms with Crippen LogP contribution in [0.2, 0.25) is 0 Å². The molecule has 1 N–H and O–H groups in total. The Balaban J connectivity index is 2.63. The standard InChI is InChI=1S/C13H12F2N2/c1-8-6-7-9(14)12(13(8)15)10-4-3-5-11(16-2)17-10/h3-7H,1-2H3,(H,16,17). The molecule has 4 heteroatoms. The van der Waals surface area contributed by atoms with Gasteiger partial charge in [0.1, 0.15) is 17.5 Å². The predicted octanol–water partition coefficient (Wildman–Crippen LogP) is 3.38. The van der Waals surface area contributed by atoms with Gasteiger partial charge in [-0.25, -0.2) is 13.8 Å². The van der Waals surface area contributed by atoms with Crippen LogP contribution in [-0.4, -0.2) is 12.0 Å². The van der Waals surface area contributed by atoms with Gasteiger partial charge in [-0.05, 0) is 30.7 Å². The first kappa shape index (κ1) is 11.5. The molecular weight excluding hydrogens is 222 g/mol. The van der Waals surface area contributed by atoms with E-state index in [1.54, 1.807) is 32.2 Å². The van der Waals surface area contributed by atoms with Gasteiger partial charge in [0.05, 0.1) is 11.3 Å². The fourth-order valence-electron chi connectivity index (χ4n) is 1.60.